The average Bonchev–Trinajstić information content (AvgIpc) is 2.67. The van der Waals surface area contributed by atoms with Gasteiger partial charge in [0.05, 0.1) is 17.8 Å². The highest BCUT2D eigenvalue weighted by Gasteiger charge is 2.23. The van der Waals surface area contributed by atoms with Gasteiger partial charge >= 0.3 is 0 Å². The monoisotopic (exact) mass is 194 g/mol. The highest BCUT2D eigenvalue weighted by atomic mass is 16.5. The van der Waals surface area contributed by atoms with Crippen molar-refractivity contribution >= 4 is 5.78 Å². The van der Waals surface area contributed by atoms with Crippen molar-refractivity contribution in [3.8, 4) is 0 Å². The first-order valence-electron chi connectivity index (χ1n) is 4.98. The first-order valence-corrected chi connectivity index (χ1v) is 4.98. The number of nitrogens with zero attached hydrogens (tertiary/aromatic N) is 1. The number of hydrogen-bond donors (Lipinski definition) is 1. The highest BCUT2D eigenvalue weighted by Crippen LogP contribution is 2.25. The Balaban J connectivity index is 2.21. The highest BCUT2D eigenvalue weighted by molar-refractivity contribution is 5.94. The van der Waals surface area contributed by atoms with E-state index in [0.29, 0.717) is 11.3 Å². The normalized spacial score (nSPS) is 22.2. The van der Waals surface area contributed by atoms with Crippen LogP contribution in [0, 0.1) is 0 Å². The lowest BCUT2D eigenvalue weighted by molar-refractivity contribution is 0.101. The number of piperidine rings is 1. The summed E-state index contributed by atoms with van der Waals surface area (Å²) in [7, 11) is 0. The average molecular weight is 194 g/mol. The zero-order chi connectivity index (χ0) is 9.97. The Bertz CT molecular complexity index is 327. The van der Waals surface area contributed by atoms with Crippen LogP contribution in [0.1, 0.15) is 48.3 Å². The van der Waals surface area contributed by atoms with Crippen molar-refractivity contribution in [3.05, 3.63) is 17.5 Å². The summed E-state index contributed by atoms with van der Waals surface area (Å²) in [5.74, 6) is 0.728. The van der Waals surface area contributed by atoms with Crippen LogP contribution in [0.5, 0.6) is 0 Å². The topological polar surface area (TPSA) is 55.1 Å². The van der Waals surface area contributed by atoms with Gasteiger partial charge in [0.15, 0.2) is 11.5 Å². The van der Waals surface area contributed by atoms with Crippen molar-refractivity contribution in [3.63, 3.8) is 0 Å². The minimum Gasteiger partial charge on any atom is -0.359 e. The molecule has 1 aromatic heterocycles. The predicted octanol–water partition coefficient (Wildman–Crippen LogP) is 1.69. The number of ketones is 1. The molecule has 0 aromatic carbocycles. The number of rotatable bonds is 2. The molecular weight excluding hydrogens is 180 g/mol. The molecule has 0 radical (unpaired) electrons. The fourth-order valence-electron chi connectivity index (χ4n) is 1.84. The Morgan fingerprint density at radius 3 is 3.14 bits per heavy atom. The molecule has 14 heavy (non-hydrogen) atoms. The van der Waals surface area contributed by atoms with Crippen LogP contribution in [0.15, 0.2) is 10.7 Å². The van der Waals surface area contributed by atoms with Crippen molar-refractivity contribution in [2.45, 2.75) is 32.2 Å². The van der Waals surface area contributed by atoms with Gasteiger partial charge in [0.1, 0.15) is 0 Å². The van der Waals surface area contributed by atoms with Gasteiger partial charge in [0.2, 0.25) is 0 Å². The first kappa shape index (κ1) is 9.40. The van der Waals surface area contributed by atoms with Crippen molar-refractivity contribution in [1.82, 2.24) is 10.5 Å². The van der Waals surface area contributed by atoms with Crippen LogP contribution in [0.2, 0.25) is 0 Å². The van der Waals surface area contributed by atoms with Crippen LogP contribution < -0.4 is 5.32 Å². The van der Waals surface area contributed by atoms with Crippen LogP contribution in [0.4, 0.5) is 0 Å². The smallest absolute Gasteiger partial charge is 0.165 e. The second-order valence-corrected chi connectivity index (χ2v) is 3.66. The molecule has 4 nitrogen and oxygen atoms in total. The summed E-state index contributed by atoms with van der Waals surface area (Å²) in [6.07, 6.45) is 4.90. The third-order valence-corrected chi connectivity index (χ3v) is 2.60. The van der Waals surface area contributed by atoms with E-state index in [0.717, 1.165) is 13.0 Å². The molecule has 1 aliphatic rings. The number of nitrogens with one attached hydrogen (secondary N) is 1. The molecule has 4 heteroatoms. The number of hydrogen-bond acceptors (Lipinski definition) is 4. The van der Waals surface area contributed by atoms with Crippen molar-refractivity contribution in [2.24, 2.45) is 0 Å². The molecule has 1 aromatic rings. The summed E-state index contributed by atoms with van der Waals surface area (Å²) in [6, 6.07) is 0.171. The lowest BCUT2D eigenvalue weighted by Crippen LogP contribution is -2.27. The van der Waals surface area contributed by atoms with Crippen LogP contribution in [0.25, 0.3) is 0 Å². The second-order valence-electron chi connectivity index (χ2n) is 3.66. The van der Waals surface area contributed by atoms with Crippen LogP contribution in [0.3, 0.4) is 0 Å². The fraction of sp³-hybridized carbons (Fsp3) is 0.600. The molecule has 1 aliphatic heterocycles. The summed E-state index contributed by atoms with van der Waals surface area (Å²) in [4.78, 5) is 11.2. The van der Waals surface area contributed by atoms with Gasteiger partial charge in [-0.15, -0.1) is 0 Å². The van der Waals surface area contributed by atoms with E-state index in [-0.39, 0.29) is 11.8 Å². The standard InChI is InChI=1S/C10H14N2O2/c1-7(13)8-6-12-14-10(8)9-4-2-3-5-11-9/h6,9,11H,2-5H2,1H3. The Labute approximate surface area is 82.7 Å². The fourth-order valence-corrected chi connectivity index (χ4v) is 1.84. The van der Waals surface area contributed by atoms with Gasteiger partial charge in [0.25, 0.3) is 0 Å². The van der Waals surface area contributed by atoms with Crippen LogP contribution in [-0.4, -0.2) is 17.5 Å². The largest absolute Gasteiger partial charge is 0.359 e. The number of carbonyl (C=O) groups excluding carboxylic acids is 1. The number of Topliss-reactive ketones (excluding diaryl/α,β-unsaturated/α-hetero) is 1. The van der Waals surface area contributed by atoms with Crippen LogP contribution in [-0.2, 0) is 0 Å². The van der Waals surface area contributed by atoms with Crippen molar-refractivity contribution < 1.29 is 9.32 Å². The third-order valence-electron chi connectivity index (χ3n) is 2.60. The summed E-state index contributed by atoms with van der Waals surface area (Å²) < 4.78 is 5.13. The maximum atomic E-state index is 11.2. The maximum absolute atomic E-state index is 11.2. The molecular formula is C10H14N2O2. The summed E-state index contributed by atoms with van der Waals surface area (Å²) >= 11 is 0. The summed E-state index contributed by atoms with van der Waals surface area (Å²) in [6.45, 7) is 2.53. The van der Waals surface area contributed by atoms with E-state index in [4.69, 9.17) is 4.52 Å². The zero-order valence-electron chi connectivity index (χ0n) is 8.25. The molecule has 1 fully saturated rings. The van der Waals surface area contributed by atoms with Gasteiger partial charge in [-0.2, -0.15) is 0 Å². The van der Waals surface area contributed by atoms with Crippen molar-refractivity contribution in [1.29, 1.82) is 0 Å². The number of aromatic nitrogens is 1. The molecule has 1 N–H and O–H groups in total. The lowest BCUT2D eigenvalue weighted by atomic mass is 9.99. The van der Waals surface area contributed by atoms with E-state index in [9.17, 15) is 4.79 Å². The summed E-state index contributed by atoms with van der Waals surface area (Å²) in [5, 5.41) is 7.01. The minimum absolute atomic E-state index is 0.0219. The molecule has 0 amide bonds. The van der Waals surface area contributed by atoms with E-state index in [1.807, 2.05) is 0 Å². The molecule has 2 heterocycles. The van der Waals surface area contributed by atoms with Gasteiger partial charge in [-0.25, -0.2) is 0 Å². The van der Waals surface area contributed by atoms with E-state index in [2.05, 4.69) is 10.5 Å². The van der Waals surface area contributed by atoms with Gasteiger partial charge < -0.3 is 9.84 Å². The van der Waals surface area contributed by atoms with E-state index in [1.54, 1.807) is 6.92 Å². The molecule has 76 valence electrons. The Kier molecular flexibility index (Phi) is 2.63. The summed E-state index contributed by atoms with van der Waals surface area (Å²) in [5.41, 5.74) is 0.615. The molecule has 2 rings (SSSR count). The Hall–Kier alpha value is -1.16. The predicted molar refractivity (Wildman–Crippen MR) is 51.1 cm³/mol. The molecule has 1 saturated heterocycles. The van der Waals surface area contributed by atoms with Gasteiger partial charge in [0, 0.05) is 0 Å². The Morgan fingerprint density at radius 2 is 2.50 bits per heavy atom. The van der Waals surface area contributed by atoms with E-state index in [1.165, 1.54) is 19.0 Å². The molecule has 1 atom stereocenters. The second kappa shape index (κ2) is 3.92. The van der Waals surface area contributed by atoms with Gasteiger partial charge in [-0.05, 0) is 26.3 Å². The molecule has 0 aliphatic carbocycles. The third kappa shape index (κ3) is 1.70. The quantitative estimate of drug-likeness (QED) is 0.728. The van der Waals surface area contributed by atoms with Crippen LogP contribution >= 0.6 is 0 Å². The minimum atomic E-state index is 0.0219. The molecule has 0 bridgehead atoms. The zero-order valence-corrected chi connectivity index (χ0v) is 8.25. The van der Waals surface area contributed by atoms with Gasteiger partial charge in [-0.1, -0.05) is 11.6 Å². The molecule has 0 spiro atoms. The lowest BCUT2D eigenvalue weighted by Gasteiger charge is -2.21. The van der Waals surface area contributed by atoms with Crippen molar-refractivity contribution in [2.75, 3.05) is 6.54 Å². The maximum Gasteiger partial charge on any atom is 0.165 e. The SMILES string of the molecule is CC(=O)c1cnoc1C1CCCCN1. The molecule has 0 saturated carbocycles. The van der Waals surface area contributed by atoms with E-state index < -0.39 is 0 Å². The number of carbonyl (C=O) groups is 1. The molecule has 1 unspecified atom stereocenters. The Morgan fingerprint density at radius 1 is 1.64 bits per heavy atom. The van der Waals surface area contributed by atoms with Gasteiger partial charge in [-0.3, -0.25) is 4.79 Å². The first-order chi connectivity index (χ1) is 6.79. The van der Waals surface area contributed by atoms with E-state index >= 15 is 0 Å².